The summed E-state index contributed by atoms with van der Waals surface area (Å²) in [4.78, 5) is 28.8. The molecule has 0 radical (unpaired) electrons. The first-order valence-electron chi connectivity index (χ1n) is 10.4. The van der Waals surface area contributed by atoms with Gasteiger partial charge in [-0.15, -0.1) is 0 Å². The number of benzene rings is 2. The molecule has 1 heterocycles. The number of hydrogen-bond acceptors (Lipinski definition) is 4. The van der Waals surface area contributed by atoms with Crippen LogP contribution < -0.4 is 15.0 Å². The number of carbonyl (C=O) groups is 2. The fourth-order valence-electron chi connectivity index (χ4n) is 3.29. The van der Waals surface area contributed by atoms with Crippen molar-refractivity contribution in [2.24, 2.45) is 0 Å². The number of halogens is 1. The van der Waals surface area contributed by atoms with E-state index in [9.17, 15) is 9.59 Å². The van der Waals surface area contributed by atoms with Crippen molar-refractivity contribution in [3.8, 4) is 5.75 Å². The van der Waals surface area contributed by atoms with Gasteiger partial charge in [0.15, 0.2) is 0 Å². The van der Waals surface area contributed by atoms with Crippen LogP contribution in [0.5, 0.6) is 5.75 Å². The topological polar surface area (TPSA) is 61.9 Å². The van der Waals surface area contributed by atoms with Gasteiger partial charge in [0, 0.05) is 42.5 Å². The third-order valence-corrected chi connectivity index (χ3v) is 5.32. The lowest BCUT2D eigenvalue weighted by atomic mass is 10.2. The summed E-state index contributed by atoms with van der Waals surface area (Å²) in [5.74, 6) is 0.406. The molecule has 160 valence electrons. The number of carbonyl (C=O) groups excluding carboxylic acids is 2. The summed E-state index contributed by atoms with van der Waals surface area (Å²) < 4.78 is 5.60. The molecular formula is C23H28ClN3O3. The minimum absolute atomic E-state index is 0.00918. The largest absolute Gasteiger partial charge is 0.494 e. The van der Waals surface area contributed by atoms with Crippen LogP contribution in [0.4, 0.5) is 5.69 Å². The van der Waals surface area contributed by atoms with Crippen LogP contribution >= 0.6 is 11.6 Å². The average Bonchev–Trinajstić information content (AvgIpc) is 2.78. The van der Waals surface area contributed by atoms with E-state index in [1.807, 2.05) is 24.3 Å². The summed E-state index contributed by atoms with van der Waals surface area (Å²) in [6.45, 7) is 5.47. The Morgan fingerprint density at radius 1 is 1.07 bits per heavy atom. The van der Waals surface area contributed by atoms with Crippen LogP contribution in [0.15, 0.2) is 48.5 Å². The van der Waals surface area contributed by atoms with Gasteiger partial charge in [-0.2, -0.15) is 0 Å². The second kappa shape index (κ2) is 10.9. The SMILES string of the molecule is CCCCOc1ccc(C(=O)NCC(=O)N2CCN(c3cccc(Cl)c3)CC2)cc1. The third kappa shape index (κ3) is 6.13. The summed E-state index contributed by atoms with van der Waals surface area (Å²) in [7, 11) is 0. The van der Waals surface area contributed by atoms with Crippen LogP contribution in [0.3, 0.4) is 0 Å². The predicted molar refractivity (Wildman–Crippen MR) is 119 cm³/mol. The van der Waals surface area contributed by atoms with Gasteiger partial charge in [-0.3, -0.25) is 9.59 Å². The Morgan fingerprint density at radius 3 is 2.47 bits per heavy atom. The molecule has 0 bridgehead atoms. The summed E-state index contributed by atoms with van der Waals surface area (Å²) in [6.07, 6.45) is 2.07. The third-order valence-electron chi connectivity index (χ3n) is 5.09. The average molecular weight is 430 g/mol. The number of hydrogen-bond donors (Lipinski definition) is 1. The first-order chi connectivity index (χ1) is 14.6. The highest BCUT2D eigenvalue weighted by Crippen LogP contribution is 2.20. The Bertz CT molecular complexity index is 849. The minimum atomic E-state index is -0.263. The maximum absolute atomic E-state index is 12.5. The van der Waals surface area contributed by atoms with E-state index >= 15 is 0 Å². The number of piperazine rings is 1. The smallest absolute Gasteiger partial charge is 0.251 e. The van der Waals surface area contributed by atoms with Gasteiger partial charge in [-0.05, 0) is 48.9 Å². The number of ether oxygens (including phenoxy) is 1. The van der Waals surface area contributed by atoms with E-state index < -0.39 is 0 Å². The van der Waals surface area contributed by atoms with Crippen LogP contribution in [0.25, 0.3) is 0 Å². The number of nitrogens with zero attached hydrogens (tertiary/aromatic N) is 2. The zero-order valence-corrected chi connectivity index (χ0v) is 18.0. The highest BCUT2D eigenvalue weighted by atomic mass is 35.5. The molecule has 3 rings (SSSR count). The standard InChI is InChI=1S/C23H28ClN3O3/c1-2-3-15-30-21-9-7-18(8-10-21)23(29)25-17-22(28)27-13-11-26(12-14-27)20-6-4-5-19(24)16-20/h4-10,16H,2-3,11-15,17H2,1H3,(H,25,29). The van der Waals surface area contributed by atoms with Gasteiger partial charge < -0.3 is 19.9 Å². The zero-order valence-electron chi connectivity index (χ0n) is 17.3. The van der Waals surface area contributed by atoms with Crippen LogP contribution in [-0.2, 0) is 4.79 Å². The molecule has 1 aliphatic heterocycles. The summed E-state index contributed by atoms with van der Waals surface area (Å²) in [5.41, 5.74) is 1.57. The van der Waals surface area contributed by atoms with Crippen molar-refractivity contribution in [1.82, 2.24) is 10.2 Å². The van der Waals surface area contributed by atoms with Gasteiger partial charge in [-0.25, -0.2) is 0 Å². The number of unbranched alkanes of at least 4 members (excludes halogenated alkanes) is 1. The molecule has 7 heteroatoms. The second-order valence-electron chi connectivity index (χ2n) is 7.26. The predicted octanol–water partition coefficient (Wildman–Crippen LogP) is 3.60. The fourth-order valence-corrected chi connectivity index (χ4v) is 3.48. The Kier molecular flexibility index (Phi) is 7.97. The molecule has 0 saturated carbocycles. The number of amides is 2. The lowest BCUT2D eigenvalue weighted by Crippen LogP contribution is -2.51. The first-order valence-corrected chi connectivity index (χ1v) is 10.7. The highest BCUT2D eigenvalue weighted by molar-refractivity contribution is 6.30. The summed E-state index contributed by atoms with van der Waals surface area (Å²) in [6, 6.07) is 14.7. The van der Waals surface area contributed by atoms with Crippen molar-refractivity contribution < 1.29 is 14.3 Å². The molecule has 0 atom stereocenters. The Hall–Kier alpha value is -2.73. The maximum atomic E-state index is 12.5. The molecule has 0 aliphatic carbocycles. The number of rotatable bonds is 8. The van der Waals surface area contributed by atoms with Crippen molar-refractivity contribution in [2.75, 3.05) is 44.2 Å². The lowest BCUT2D eigenvalue weighted by Gasteiger charge is -2.36. The van der Waals surface area contributed by atoms with Crippen molar-refractivity contribution >= 4 is 29.1 Å². The van der Waals surface area contributed by atoms with Crippen molar-refractivity contribution in [2.45, 2.75) is 19.8 Å². The van der Waals surface area contributed by atoms with Crippen LogP contribution in [0, 0.1) is 0 Å². The highest BCUT2D eigenvalue weighted by Gasteiger charge is 2.21. The molecule has 2 aromatic carbocycles. The van der Waals surface area contributed by atoms with Gasteiger partial charge in [-0.1, -0.05) is 31.0 Å². The Labute approximate surface area is 182 Å². The molecule has 6 nitrogen and oxygen atoms in total. The van der Waals surface area contributed by atoms with E-state index in [4.69, 9.17) is 16.3 Å². The van der Waals surface area contributed by atoms with E-state index in [1.54, 1.807) is 29.2 Å². The number of anilines is 1. The monoisotopic (exact) mass is 429 g/mol. The number of nitrogens with one attached hydrogen (secondary N) is 1. The van der Waals surface area contributed by atoms with Gasteiger partial charge >= 0.3 is 0 Å². The first kappa shape index (κ1) is 22.0. The quantitative estimate of drug-likeness (QED) is 0.651. The van der Waals surface area contributed by atoms with Crippen molar-refractivity contribution in [1.29, 1.82) is 0 Å². The molecule has 1 saturated heterocycles. The Balaban J connectivity index is 1.42. The van der Waals surface area contributed by atoms with Gasteiger partial charge in [0.25, 0.3) is 5.91 Å². The van der Waals surface area contributed by atoms with E-state index in [0.29, 0.717) is 30.3 Å². The molecule has 1 N–H and O–H groups in total. The maximum Gasteiger partial charge on any atom is 0.251 e. The molecule has 0 spiro atoms. The molecule has 1 aliphatic rings. The van der Waals surface area contributed by atoms with E-state index in [0.717, 1.165) is 37.4 Å². The zero-order chi connectivity index (χ0) is 21.3. The van der Waals surface area contributed by atoms with Crippen LogP contribution in [0.1, 0.15) is 30.1 Å². The summed E-state index contributed by atoms with van der Waals surface area (Å²) >= 11 is 6.06. The van der Waals surface area contributed by atoms with Gasteiger partial charge in [0.1, 0.15) is 5.75 Å². The van der Waals surface area contributed by atoms with E-state index in [-0.39, 0.29) is 18.4 Å². The van der Waals surface area contributed by atoms with E-state index in [1.165, 1.54) is 0 Å². The van der Waals surface area contributed by atoms with Crippen molar-refractivity contribution in [3.05, 3.63) is 59.1 Å². The normalized spacial score (nSPS) is 13.8. The van der Waals surface area contributed by atoms with E-state index in [2.05, 4.69) is 17.1 Å². The summed E-state index contributed by atoms with van der Waals surface area (Å²) in [5, 5.41) is 3.42. The van der Waals surface area contributed by atoms with Gasteiger partial charge in [0.2, 0.25) is 5.91 Å². The molecule has 0 aromatic heterocycles. The lowest BCUT2D eigenvalue weighted by molar-refractivity contribution is -0.130. The Morgan fingerprint density at radius 2 is 1.80 bits per heavy atom. The minimum Gasteiger partial charge on any atom is -0.494 e. The fraction of sp³-hybridized carbons (Fsp3) is 0.391. The van der Waals surface area contributed by atoms with Crippen LogP contribution in [-0.4, -0.2) is 56.0 Å². The van der Waals surface area contributed by atoms with Crippen molar-refractivity contribution in [3.63, 3.8) is 0 Å². The van der Waals surface area contributed by atoms with Crippen LogP contribution in [0.2, 0.25) is 5.02 Å². The molecule has 1 fully saturated rings. The molecular weight excluding hydrogens is 402 g/mol. The second-order valence-corrected chi connectivity index (χ2v) is 7.69. The van der Waals surface area contributed by atoms with Gasteiger partial charge in [0.05, 0.1) is 13.2 Å². The molecule has 30 heavy (non-hydrogen) atoms. The molecule has 2 aromatic rings. The molecule has 2 amide bonds. The molecule has 0 unspecified atom stereocenters.